The Balaban J connectivity index is 1.53. The predicted octanol–water partition coefficient (Wildman–Crippen LogP) is 6.60. The van der Waals surface area contributed by atoms with Gasteiger partial charge in [0, 0.05) is 24.5 Å². The number of hydrogen-bond donors (Lipinski definition) is 1. The third kappa shape index (κ3) is 6.91. The van der Waals surface area contributed by atoms with Gasteiger partial charge in [-0.2, -0.15) is 0 Å². The lowest BCUT2D eigenvalue weighted by Crippen LogP contribution is -2.40. The second kappa shape index (κ2) is 10.8. The Bertz CT molecular complexity index is 963. The molecule has 1 N–H and O–H groups in total. The van der Waals surface area contributed by atoms with E-state index in [0.717, 1.165) is 55.6 Å². The van der Waals surface area contributed by atoms with Crippen LogP contribution in [0.25, 0.3) is 11.1 Å². The molecule has 1 atom stereocenters. The molecule has 0 amide bonds. The van der Waals surface area contributed by atoms with Crippen molar-refractivity contribution >= 4 is 18.4 Å². The van der Waals surface area contributed by atoms with Gasteiger partial charge < -0.3 is 5.32 Å². The summed E-state index contributed by atoms with van der Waals surface area (Å²) in [6.07, 6.45) is 8.21. The van der Waals surface area contributed by atoms with Gasteiger partial charge in [-0.1, -0.05) is 50.3 Å². The van der Waals surface area contributed by atoms with Crippen LogP contribution in [-0.4, -0.2) is 24.1 Å². The van der Waals surface area contributed by atoms with Crippen LogP contribution >= 0.6 is 0 Å². The summed E-state index contributed by atoms with van der Waals surface area (Å²) in [5.74, 6) is -2.54. The van der Waals surface area contributed by atoms with E-state index in [1.54, 1.807) is 6.20 Å². The number of allylic oxidation sites excluding steroid dienone is 3. The average Bonchev–Trinajstić information content (AvgIpc) is 2.77. The molecular formula is C27H32BF2N2. The van der Waals surface area contributed by atoms with Crippen molar-refractivity contribution in [2.75, 3.05) is 0 Å². The second-order valence-electron chi connectivity index (χ2n) is 8.81. The molecule has 0 fully saturated rings. The SMILES string of the molecule is C=C(CCC(C)(F)F)NC1[B]Cc2c(cccc2C(=C)CCCC(=C)c2cccnc2)C1. The summed E-state index contributed by atoms with van der Waals surface area (Å²) < 4.78 is 26.2. The molecule has 32 heavy (non-hydrogen) atoms. The summed E-state index contributed by atoms with van der Waals surface area (Å²) in [6.45, 7) is 13.4. The van der Waals surface area contributed by atoms with E-state index < -0.39 is 5.92 Å². The molecule has 2 nitrogen and oxygen atoms in total. The third-order valence-corrected chi connectivity index (χ3v) is 5.98. The molecule has 1 aliphatic heterocycles. The molecule has 0 bridgehead atoms. The molecule has 1 aromatic heterocycles. The van der Waals surface area contributed by atoms with Crippen molar-refractivity contribution in [1.82, 2.24) is 10.3 Å². The van der Waals surface area contributed by atoms with Gasteiger partial charge >= 0.3 is 0 Å². The maximum Gasteiger partial charge on any atom is 0.245 e. The minimum Gasteiger partial charge on any atom is -0.394 e. The maximum absolute atomic E-state index is 13.1. The van der Waals surface area contributed by atoms with Gasteiger partial charge in [-0.3, -0.25) is 4.98 Å². The molecule has 0 saturated heterocycles. The fraction of sp³-hybridized carbons (Fsp3) is 0.370. The van der Waals surface area contributed by atoms with Gasteiger partial charge in [0.1, 0.15) is 7.28 Å². The molecule has 0 spiro atoms. The van der Waals surface area contributed by atoms with E-state index in [4.69, 9.17) is 0 Å². The van der Waals surface area contributed by atoms with Crippen molar-refractivity contribution < 1.29 is 8.78 Å². The van der Waals surface area contributed by atoms with Crippen molar-refractivity contribution in [3.8, 4) is 0 Å². The fourth-order valence-corrected chi connectivity index (χ4v) is 4.16. The first kappa shape index (κ1) is 24.0. The summed E-state index contributed by atoms with van der Waals surface area (Å²) in [4.78, 5) is 4.16. The molecule has 1 radical (unpaired) electrons. The minimum atomic E-state index is -2.66. The van der Waals surface area contributed by atoms with Gasteiger partial charge in [0.15, 0.2) is 0 Å². The number of benzene rings is 1. The van der Waals surface area contributed by atoms with Gasteiger partial charge in [0.05, 0.1) is 0 Å². The van der Waals surface area contributed by atoms with E-state index in [-0.39, 0.29) is 18.8 Å². The van der Waals surface area contributed by atoms with Gasteiger partial charge in [0.2, 0.25) is 5.92 Å². The lowest BCUT2D eigenvalue weighted by atomic mass is 9.57. The van der Waals surface area contributed by atoms with Crippen molar-refractivity contribution in [3.05, 3.63) is 90.4 Å². The highest BCUT2D eigenvalue weighted by Crippen LogP contribution is 2.30. The Morgan fingerprint density at radius 3 is 2.62 bits per heavy atom. The van der Waals surface area contributed by atoms with Gasteiger partial charge in [0.25, 0.3) is 0 Å². The summed E-state index contributed by atoms with van der Waals surface area (Å²) in [5.41, 5.74) is 7.86. The van der Waals surface area contributed by atoms with E-state index in [1.807, 2.05) is 18.3 Å². The Kier molecular flexibility index (Phi) is 8.06. The smallest absolute Gasteiger partial charge is 0.245 e. The first-order valence-corrected chi connectivity index (χ1v) is 11.3. The molecule has 1 unspecified atom stereocenters. The first-order valence-electron chi connectivity index (χ1n) is 11.3. The first-order chi connectivity index (χ1) is 15.2. The number of nitrogens with one attached hydrogen (secondary N) is 1. The Morgan fingerprint density at radius 2 is 1.91 bits per heavy atom. The summed E-state index contributed by atoms with van der Waals surface area (Å²) in [6, 6.07) is 10.4. The maximum atomic E-state index is 13.1. The van der Waals surface area contributed by atoms with Crippen molar-refractivity contribution in [2.24, 2.45) is 0 Å². The molecule has 1 aromatic carbocycles. The number of nitrogens with zero attached hydrogens (tertiary/aromatic N) is 1. The van der Waals surface area contributed by atoms with Crippen LogP contribution in [0.15, 0.2) is 68.2 Å². The monoisotopic (exact) mass is 433 g/mol. The quantitative estimate of drug-likeness (QED) is 0.404. The summed E-state index contributed by atoms with van der Waals surface area (Å²) in [5, 5.41) is 3.32. The molecule has 2 heterocycles. The number of halogens is 2. The number of rotatable bonds is 11. The zero-order chi connectivity index (χ0) is 23.1. The lowest BCUT2D eigenvalue weighted by Gasteiger charge is -2.29. The van der Waals surface area contributed by atoms with Crippen LogP contribution in [0.5, 0.6) is 0 Å². The van der Waals surface area contributed by atoms with Gasteiger partial charge in [-0.15, -0.1) is 0 Å². The summed E-state index contributed by atoms with van der Waals surface area (Å²) in [7, 11) is 2.22. The molecule has 167 valence electrons. The highest BCUT2D eigenvalue weighted by atomic mass is 19.3. The molecule has 1 aliphatic rings. The molecule has 3 rings (SSSR count). The van der Waals surface area contributed by atoms with E-state index in [0.29, 0.717) is 5.70 Å². The largest absolute Gasteiger partial charge is 0.394 e. The Hall–Kier alpha value is -2.69. The predicted molar refractivity (Wildman–Crippen MR) is 132 cm³/mol. The number of aromatic nitrogens is 1. The molecule has 5 heteroatoms. The zero-order valence-corrected chi connectivity index (χ0v) is 19.0. The van der Waals surface area contributed by atoms with E-state index in [2.05, 4.69) is 55.5 Å². The van der Waals surface area contributed by atoms with Crippen molar-refractivity contribution in [1.29, 1.82) is 0 Å². The molecule has 0 aliphatic carbocycles. The highest BCUT2D eigenvalue weighted by molar-refractivity contribution is 6.38. The number of pyridine rings is 1. The van der Waals surface area contributed by atoms with Crippen LogP contribution in [0.4, 0.5) is 8.78 Å². The van der Waals surface area contributed by atoms with Crippen LogP contribution in [0, 0.1) is 0 Å². The van der Waals surface area contributed by atoms with Gasteiger partial charge in [-0.25, -0.2) is 8.78 Å². The minimum absolute atomic E-state index is 0.117. The summed E-state index contributed by atoms with van der Waals surface area (Å²) >= 11 is 0. The van der Waals surface area contributed by atoms with E-state index in [9.17, 15) is 8.78 Å². The number of fused-ring (bicyclic) bond motifs is 1. The van der Waals surface area contributed by atoms with E-state index in [1.165, 1.54) is 16.7 Å². The fourth-order valence-electron chi connectivity index (χ4n) is 4.16. The molecular weight excluding hydrogens is 401 g/mol. The Morgan fingerprint density at radius 1 is 1.12 bits per heavy atom. The van der Waals surface area contributed by atoms with Crippen LogP contribution in [0.2, 0.25) is 0 Å². The molecule has 2 aromatic rings. The average molecular weight is 433 g/mol. The highest BCUT2D eigenvalue weighted by Gasteiger charge is 2.24. The second-order valence-corrected chi connectivity index (χ2v) is 8.81. The molecule has 0 saturated carbocycles. The van der Waals surface area contributed by atoms with Crippen molar-refractivity contribution in [3.63, 3.8) is 0 Å². The topological polar surface area (TPSA) is 24.9 Å². The van der Waals surface area contributed by atoms with Crippen LogP contribution < -0.4 is 5.32 Å². The third-order valence-electron chi connectivity index (χ3n) is 5.98. The van der Waals surface area contributed by atoms with Crippen LogP contribution in [-0.2, 0) is 12.7 Å². The standard InChI is InChI=1S/C27H32BF2N2/c1-19(23-11-7-15-31-18-23)8-5-9-20(2)24-12-6-10-22-16-26(28-17-25(22)24)32-21(3)13-14-27(4,29)30/h6-7,10-12,15,18,26,32H,1-3,5,8-9,13-14,16-17H2,4H3. The number of alkyl halides is 2. The number of hydrogen-bond acceptors (Lipinski definition) is 2. The van der Waals surface area contributed by atoms with E-state index >= 15 is 0 Å². The lowest BCUT2D eigenvalue weighted by molar-refractivity contribution is 0.0129. The zero-order valence-electron chi connectivity index (χ0n) is 19.0. The van der Waals surface area contributed by atoms with Crippen molar-refractivity contribution in [2.45, 2.75) is 63.6 Å². The van der Waals surface area contributed by atoms with Crippen LogP contribution in [0.1, 0.15) is 61.3 Å². The van der Waals surface area contributed by atoms with Crippen LogP contribution in [0.3, 0.4) is 0 Å². The Labute approximate surface area is 191 Å². The van der Waals surface area contributed by atoms with Gasteiger partial charge in [-0.05, 0) is 84.4 Å². The normalized spacial score (nSPS) is 15.4.